The van der Waals surface area contributed by atoms with E-state index in [1.54, 1.807) is 0 Å². The highest BCUT2D eigenvalue weighted by molar-refractivity contribution is 5.81. The molecule has 2 atom stereocenters. The molecule has 1 unspecified atom stereocenters. The van der Waals surface area contributed by atoms with Crippen molar-refractivity contribution in [2.24, 2.45) is 5.73 Å². The van der Waals surface area contributed by atoms with Gasteiger partial charge in [0.15, 0.2) is 0 Å². The predicted octanol–water partition coefficient (Wildman–Crippen LogP) is 1.27. The summed E-state index contributed by atoms with van der Waals surface area (Å²) in [5.74, 6) is -1.56. The number of ether oxygens (including phenoxy) is 2. The summed E-state index contributed by atoms with van der Waals surface area (Å²) in [6.07, 6.45) is -3.63. The van der Waals surface area contributed by atoms with Gasteiger partial charge in [-0.25, -0.2) is 0 Å². The zero-order chi connectivity index (χ0) is 20.5. The van der Waals surface area contributed by atoms with E-state index < -0.39 is 35.0 Å². The van der Waals surface area contributed by atoms with Crippen molar-refractivity contribution in [2.45, 2.75) is 25.0 Å². The van der Waals surface area contributed by atoms with E-state index in [1.165, 1.54) is 22.9 Å². The number of fused-ring (bicyclic) bond motifs is 1. The molecule has 0 saturated carbocycles. The molecule has 1 aromatic heterocycles. The zero-order valence-electron chi connectivity index (χ0n) is 14.0. The first-order chi connectivity index (χ1) is 13.1. The monoisotopic (exact) mass is 401 g/mol. The van der Waals surface area contributed by atoms with E-state index >= 15 is 0 Å². The summed E-state index contributed by atoms with van der Waals surface area (Å²) in [5, 5.41) is 13.7. The normalized spacial score (nSPS) is 17.3. The minimum Gasteiger partial charge on any atom is -0.444 e. The third kappa shape index (κ3) is 4.49. The molecule has 1 amide bonds. The molecule has 150 valence electrons. The number of nitro groups is 1. The smallest absolute Gasteiger partial charge is 0.444 e. The molecule has 2 heterocycles. The second-order valence-corrected chi connectivity index (χ2v) is 5.92. The lowest BCUT2D eigenvalue weighted by Crippen LogP contribution is -2.46. The van der Waals surface area contributed by atoms with Crippen molar-refractivity contribution in [3.63, 3.8) is 0 Å². The topological polar surface area (TPSA) is 135 Å². The number of imidazole rings is 1. The molecule has 1 aliphatic heterocycles. The van der Waals surface area contributed by atoms with E-state index in [2.05, 4.69) is 15.0 Å². The number of primary amides is 1. The largest absolute Gasteiger partial charge is 0.573 e. The lowest BCUT2D eigenvalue weighted by molar-refractivity contribution is -0.389. The first-order valence-electron chi connectivity index (χ1n) is 7.88. The number of rotatable bonds is 6. The summed E-state index contributed by atoms with van der Waals surface area (Å²) in [6.45, 7) is 0.280. The standard InChI is InChI=1S/C15H14F3N5O5/c16-15(17,18)28-10-3-1-8(2-4-10)12(13(19)24)20-9-5-22-6-11(23(25)26)21-14(22)27-7-9/h1-4,6,9,12,20H,5,7H2,(H2,19,24)/t9-,12?/m0/s1. The molecule has 13 heteroatoms. The second kappa shape index (κ2) is 7.34. The molecular formula is C15H14F3N5O5. The van der Waals surface area contributed by atoms with E-state index in [1.807, 2.05) is 0 Å². The van der Waals surface area contributed by atoms with Crippen LogP contribution in [0.1, 0.15) is 11.6 Å². The first-order valence-corrected chi connectivity index (χ1v) is 7.88. The third-order valence-corrected chi connectivity index (χ3v) is 3.88. The first kappa shape index (κ1) is 19.4. The van der Waals surface area contributed by atoms with Crippen molar-refractivity contribution in [3.05, 3.63) is 46.1 Å². The average Bonchev–Trinajstić information content (AvgIpc) is 3.02. The minimum atomic E-state index is -4.83. The molecule has 0 bridgehead atoms. The molecule has 0 saturated heterocycles. The number of hydrogen-bond donors (Lipinski definition) is 2. The van der Waals surface area contributed by atoms with Gasteiger partial charge in [-0.15, -0.1) is 13.2 Å². The fourth-order valence-corrected chi connectivity index (χ4v) is 2.73. The van der Waals surface area contributed by atoms with Gasteiger partial charge < -0.3 is 25.3 Å². The molecule has 0 spiro atoms. The number of amides is 1. The van der Waals surface area contributed by atoms with Crippen LogP contribution in [0.15, 0.2) is 30.5 Å². The van der Waals surface area contributed by atoms with Crippen molar-refractivity contribution < 1.29 is 32.4 Å². The van der Waals surface area contributed by atoms with Crippen molar-refractivity contribution in [3.8, 4) is 11.8 Å². The maximum atomic E-state index is 12.2. The van der Waals surface area contributed by atoms with Crippen LogP contribution in [0.3, 0.4) is 0 Å². The highest BCUT2D eigenvalue weighted by Gasteiger charge is 2.32. The molecule has 3 rings (SSSR count). The Morgan fingerprint density at radius 1 is 1.43 bits per heavy atom. The molecule has 1 aromatic carbocycles. The SMILES string of the molecule is NC(=O)C(N[C@@H]1COc2nc([N+](=O)[O-])cn2C1)c1ccc(OC(F)(F)F)cc1. The average molecular weight is 401 g/mol. The van der Waals surface area contributed by atoms with Crippen LogP contribution < -0.4 is 20.5 Å². The molecule has 10 nitrogen and oxygen atoms in total. The summed E-state index contributed by atoms with van der Waals surface area (Å²) < 4.78 is 47.3. The Hall–Kier alpha value is -3.35. The van der Waals surface area contributed by atoms with E-state index in [-0.39, 0.29) is 25.0 Å². The quantitative estimate of drug-likeness (QED) is 0.550. The summed E-state index contributed by atoms with van der Waals surface area (Å²) in [4.78, 5) is 25.7. The number of alkyl halides is 3. The zero-order valence-corrected chi connectivity index (χ0v) is 14.0. The Morgan fingerprint density at radius 3 is 2.68 bits per heavy atom. The van der Waals surface area contributed by atoms with Crippen LogP contribution >= 0.6 is 0 Å². The van der Waals surface area contributed by atoms with Gasteiger partial charge in [-0.1, -0.05) is 12.1 Å². The van der Waals surface area contributed by atoms with Gasteiger partial charge in [-0.3, -0.25) is 14.7 Å². The van der Waals surface area contributed by atoms with E-state index in [0.717, 1.165) is 12.1 Å². The third-order valence-electron chi connectivity index (χ3n) is 3.88. The van der Waals surface area contributed by atoms with Crippen LogP contribution in [0.25, 0.3) is 0 Å². The van der Waals surface area contributed by atoms with Crippen molar-refractivity contribution in [2.75, 3.05) is 6.61 Å². The van der Waals surface area contributed by atoms with Crippen molar-refractivity contribution in [1.82, 2.24) is 14.9 Å². The van der Waals surface area contributed by atoms with Crippen LogP contribution in [0.4, 0.5) is 19.0 Å². The van der Waals surface area contributed by atoms with Gasteiger partial charge in [0.2, 0.25) is 5.91 Å². The Kier molecular flexibility index (Phi) is 5.09. The number of carbonyl (C=O) groups excluding carboxylic acids is 1. The fourth-order valence-electron chi connectivity index (χ4n) is 2.73. The highest BCUT2D eigenvalue weighted by Crippen LogP contribution is 2.26. The Balaban J connectivity index is 1.71. The fraction of sp³-hybridized carbons (Fsp3) is 0.333. The lowest BCUT2D eigenvalue weighted by atomic mass is 10.0. The van der Waals surface area contributed by atoms with Gasteiger partial charge in [-0.05, 0) is 22.6 Å². The minimum absolute atomic E-state index is 0.0627. The van der Waals surface area contributed by atoms with Crippen LogP contribution in [0.2, 0.25) is 0 Å². The number of nitrogens with two attached hydrogens (primary N) is 1. The van der Waals surface area contributed by atoms with E-state index in [0.29, 0.717) is 5.56 Å². The van der Waals surface area contributed by atoms with Crippen LogP contribution in [0.5, 0.6) is 11.8 Å². The number of nitrogens with zero attached hydrogens (tertiary/aromatic N) is 3. The van der Waals surface area contributed by atoms with Crippen LogP contribution in [-0.4, -0.2) is 39.4 Å². The van der Waals surface area contributed by atoms with Crippen molar-refractivity contribution >= 4 is 11.7 Å². The van der Waals surface area contributed by atoms with Gasteiger partial charge in [-0.2, -0.15) is 0 Å². The Bertz CT molecular complexity index is 883. The van der Waals surface area contributed by atoms with E-state index in [4.69, 9.17) is 10.5 Å². The van der Waals surface area contributed by atoms with Gasteiger partial charge in [0.25, 0.3) is 0 Å². The summed E-state index contributed by atoms with van der Waals surface area (Å²) in [5.41, 5.74) is 5.73. The molecule has 2 aromatic rings. The lowest BCUT2D eigenvalue weighted by Gasteiger charge is -2.27. The van der Waals surface area contributed by atoms with Crippen LogP contribution in [-0.2, 0) is 11.3 Å². The maximum Gasteiger partial charge on any atom is 0.573 e. The highest BCUT2D eigenvalue weighted by atomic mass is 19.4. The van der Waals surface area contributed by atoms with E-state index in [9.17, 15) is 28.1 Å². The molecule has 0 fully saturated rings. The van der Waals surface area contributed by atoms with Gasteiger partial charge in [0.1, 0.15) is 24.6 Å². The Labute approximate surface area is 155 Å². The summed E-state index contributed by atoms with van der Waals surface area (Å²) in [7, 11) is 0. The second-order valence-electron chi connectivity index (χ2n) is 5.92. The van der Waals surface area contributed by atoms with Crippen LogP contribution in [0, 0.1) is 10.1 Å². The molecule has 3 N–H and O–H groups in total. The summed E-state index contributed by atoms with van der Waals surface area (Å²) >= 11 is 0. The molecule has 0 radical (unpaired) electrons. The number of nitrogens with one attached hydrogen (secondary N) is 1. The van der Waals surface area contributed by atoms with Crippen molar-refractivity contribution in [1.29, 1.82) is 0 Å². The number of benzene rings is 1. The van der Waals surface area contributed by atoms with Gasteiger partial charge in [0.05, 0.1) is 6.04 Å². The number of halogens is 3. The molecular weight excluding hydrogens is 387 g/mol. The predicted molar refractivity (Wildman–Crippen MR) is 86.4 cm³/mol. The molecule has 0 aliphatic carbocycles. The summed E-state index contributed by atoms with van der Waals surface area (Å²) in [6, 6.07) is 3.29. The van der Waals surface area contributed by atoms with Gasteiger partial charge in [0, 0.05) is 11.5 Å². The maximum absolute atomic E-state index is 12.2. The molecule has 28 heavy (non-hydrogen) atoms. The van der Waals surface area contributed by atoms with Gasteiger partial charge >= 0.3 is 18.2 Å². The Morgan fingerprint density at radius 2 is 2.11 bits per heavy atom. The molecule has 1 aliphatic rings. The number of aromatic nitrogens is 2. The number of carbonyl (C=O) groups is 1. The number of hydrogen-bond acceptors (Lipinski definition) is 7.